The summed E-state index contributed by atoms with van der Waals surface area (Å²) < 4.78 is 24.4. The maximum absolute atomic E-state index is 12.2. The summed E-state index contributed by atoms with van der Waals surface area (Å²) >= 11 is 0. The zero-order chi connectivity index (χ0) is 9.42. The number of rotatable bonds is 2. The normalized spacial score (nSPS) is 40.2. The number of piperidine rings is 1. The Morgan fingerprint density at radius 1 is 1.23 bits per heavy atom. The van der Waals surface area contributed by atoms with Crippen LogP contribution < -0.4 is 0 Å². The van der Waals surface area contributed by atoms with Crippen molar-refractivity contribution in [2.45, 2.75) is 50.3 Å². The summed E-state index contributed by atoms with van der Waals surface area (Å²) in [7, 11) is 0. The molecule has 13 heavy (non-hydrogen) atoms. The van der Waals surface area contributed by atoms with Gasteiger partial charge in [0.05, 0.1) is 12.6 Å². The van der Waals surface area contributed by atoms with Gasteiger partial charge in [0.2, 0.25) is 0 Å². The Kier molecular flexibility index (Phi) is 2.51. The van der Waals surface area contributed by atoms with Crippen LogP contribution >= 0.6 is 0 Å². The predicted octanol–water partition coefficient (Wildman–Crippen LogP) is 1.24. The van der Waals surface area contributed by atoms with Gasteiger partial charge in [-0.1, -0.05) is 0 Å². The molecule has 1 N–H and O–H groups in total. The second-order valence-electron chi connectivity index (χ2n) is 4.10. The molecule has 2 nitrogen and oxygen atoms in total. The Morgan fingerprint density at radius 3 is 2.23 bits per heavy atom. The zero-order valence-electron chi connectivity index (χ0n) is 7.50. The van der Waals surface area contributed by atoms with E-state index in [1.165, 1.54) is 0 Å². The molecule has 2 atom stereocenters. The van der Waals surface area contributed by atoms with Gasteiger partial charge in [-0.3, -0.25) is 4.90 Å². The van der Waals surface area contributed by atoms with Crippen molar-refractivity contribution < 1.29 is 13.9 Å². The third-order valence-corrected chi connectivity index (χ3v) is 3.21. The Bertz CT molecular complexity index is 174. The number of hydrogen-bond acceptors (Lipinski definition) is 2. The maximum atomic E-state index is 12.2. The minimum atomic E-state index is -2.24. The number of hydrogen-bond donors (Lipinski definition) is 1. The van der Waals surface area contributed by atoms with E-state index in [-0.39, 0.29) is 24.7 Å². The van der Waals surface area contributed by atoms with Crippen molar-refractivity contribution in [2.24, 2.45) is 0 Å². The van der Waals surface area contributed by atoms with E-state index in [1.807, 2.05) is 4.90 Å². The standard InChI is InChI=1S/C9H15F2NO/c10-9(11)5-12-6-1-2-7(12)4-8(13)3-6/h6-9,13H,1-5H2. The van der Waals surface area contributed by atoms with E-state index in [4.69, 9.17) is 0 Å². The Balaban J connectivity index is 1.98. The molecule has 2 rings (SSSR count). The van der Waals surface area contributed by atoms with E-state index in [0.717, 1.165) is 12.8 Å². The van der Waals surface area contributed by atoms with Crippen LogP contribution in [0.15, 0.2) is 0 Å². The molecular weight excluding hydrogens is 176 g/mol. The molecule has 76 valence electrons. The quantitative estimate of drug-likeness (QED) is 0.709. The molecule has 0 amide bonds. The van der Waals surface area contributed by atoms with Crippen LogP contribution in [0.4, 0.5) is 8.78 Å². The van der Waals surface area contributed by atoms with Crippen molar-refractivity contribution in [3.8, 4) is 0 Å². The summed E-state index contributed by atoms with van der Waals surface area (Å²) in [5.41, 5.74) is 0. The van der Waals surface area contributed by atoms with Crippen LogP contribution in [-0.2, 0) is 0 Å². The molecule has 0 aromatic carbocycles. The summed E-state index contributed by atoms with van der Waals surface area (Å²) in [6, 6.07) is 0.422. The zero-order valence-corrected chi connectivity index (χ0v) is 7.50. The highest BCUT2D eigenvalue weighted by Gasteiger charge is 2.40. The van der Waals surface area contributed by atoms with E-state index >= 15 is 0 Å². The van der Waals surface area contributed by atoms with Gasteiger partial charge in [-0.25, -0.2) is 8.78 Å². The lowest BCUT2D eigenvalue weighted by Gasteiger charge is -2.36. The molecule has 2 aliphatic rings. The van der Waals surface area contributed by atoms with Crippen LogP contribution in [0.1, 0.15) is 25.7 Å². The molecule has 2 aliphatic heterocycles. The van der Waals surface area contributed by atoms with E-state index in [1.54, 1.807) is 0 Å². The van der Waals surface area contributed by atoms with Crippen LogP contribution in [-0.4, -0.2) is 41.2 Å². The molecule has 0 saturated carbocycles. The smallest absolute Gasteiger partial charge is 0.251 e. The summed E-state index contributed by atoms with van der Waals surface area (Å²) in [5.74, 6) is 0. The van der Waals surface area contributed by atoms with Crippen LogP contribution in [0.2, 0.25) is 0 Å². The van der Waals surface area contributed by atoms with Crippen LogP contribution in [0, 0.1) is 0 Å². The first-order valence-electron chi connectivity index (χ1n) is 4.88. The molecule has 0 aromatic rings. The molecule has 2 heterocycles. The maximum Gasteiger partial charge on any atom is 0.251 e. The van der Waals surface area contributed by atoms with Gasteiger partial charge in [0.25, 0.3) is 6.43 Å². The van der Waals surface area contributed by atoms with Crippen molar-refractivity contribution >= 4 is 0 Å². The summed E-state index contributed by atoms with van der Waals surface area (Å²) in [4.78, 5) is 1.89. The molecule has 0 radical (unpaired) electrons. The van der Waals surface area contributed by atoms with Gasteiger partial charge in [-0.15, -0.1) is 0 Å². The summed E-state index contributed by atoms with van der Waals surface area (Å²) in [5, 5.41) is 9.43. The van der Waals surface area contributed by atoms with Gasteiger partial charge in [-0.05, 0) is 25.7 Å². The van der Waals surface area contributed by atoms with Crippen molar-refractivity contribution in [1.29, 1.82) is 0 Å². The van der Waals surface area contributed by atoms with Gasteiger partial charge in [0, 0.05) is 12.1 Å². The molecule has 2 saturated heterocycles. The van der Waals surface area contributed by atoms with Gasteiger partial charge >= 0.3 is 0 Å². The molecule has 2 unspecified atom stereocenters. The van der Waals surface area contributed by atoms with E-state index in [9.17, 15) is 13.9 Å². The Labute approximate surface area is 76.5 Å². The van der Waals surface area contributed by atoms with Gasteiger partial charge < -0.3 is 5.11 Å². The fourth-order valence-electron chi connectivity index (χ4n) is 2.70. The highest BCUT2D eigenvalue weighted by molar-refractivity contribution is 4.95. The molecule has 0 aliphatic carbocycles. The number of nitrogens with zero attached hydrogens (tertiary/aromatic N) is 1. The highest BCUT2D eigenvalue weighted by atomic mass is 19.3. The molecular formula is C9H15F2NO. The number of alkyl halides is 2. The molecule has 4 heteroatoms. The first kappa shape index (κ1) is 9.34. The highest BCUT2D eigenvalue weighted by Crippen LogP contribution is 2.35. The minimum absolute atomic E-state index is 0.109. The Morgan fingerprint density at radius 2 is 1.77 bits per heavy atom. The van der Waals surface area contributed by atoms with Crippen LogP contribution in [0.3, 0.4) is 0 Å². The van der Waals surface area contributed by atoms with Gasteiger partial charge in [-0.2, -0.15) is 0 Å². The number of aliphatic hydroxyl groups is 1. The molecule has 2 bridgehead atoms. The average Bonchev–Trinajstić information content (AvgIpc) is 2.32. The van der Waals surface area contributed by atoms with E-state index in [0.29, 0.717) is 12.8 Å². The summed E-state index contributed by atoms with van der Waals surface area (Å²) in [6.07, 6.45) is 0.833. The lowest BCUT2D eigenvalue weighted by Crippen LogP contribution is -2.46. The third kappa shape index (κ3) is 1.83. The third-order valence-electron chi connectivity index (χ3n) is 3.21. The lowest BCUT2D eigenvalue weighted by atomic mass is 10.0. The number of fused-ring (bicyclic) bond motifs is 2. The number of aliphatic hydroxyl groups excluding tert-OH is 1. The van der Waals surface area contributed by atoms with E-state index < -0.39 is 6.43 Å². The first-order chi connectivity index (χ1) is 6.16. The first-order valence-corrected chi connectivity index (χ1v) is 4.88. The minimum Gasteiger partial charge on any atom is -0.393 e. The van der Waals surface area contributed by atoms with Crippen molar-refractivity contribution in [3.05, 3.63) is 0 Å². The van der Waals surface area contributed by atoms with Crippen LogP contribution in [0.25, 0.3) is 0 Å². The van der Waals surface area contributed by atoms with Crippen molar-refractivity contribution in [3.63, 3.8) is 0 Å². The summed E-state index contributed by atoms with van der Waals surface area (Å²) in [6.45, 7) is -0.109. The molecule has 0 aromatic heterocycles. The number of halogens is 2. The van der Waals surface area contributed by atoms with E-state index in [2.05, 4.69) is 0 Å². The second kappa shape index (κ2) is 3.50. The topological polar surface area (TPSA) is 23.5 Å². The van der Waals surface area contributed by atoms with Gasteiger partial charge in [0.15, 0.2) is 0 Å². The predicted molar refractivity (Wildman–Crippen MR) is 44.8 cm³/mol. The molecule has 0 spiro atoms. The van der Waals surface area contributed by atoms with Crippen molar-refractivity contribution in [1.82, 2.24) is 4.90 Å². The Hall–Kier alpha value is -0.220. The SMILES string of the molecule is OC1CC2CCC(C1)N2CC(F)F. The van der Waals surface area contributed by atoms with Crippen molar-refractivity contribution in [2.75, 3.05) is 6.54 Å². The fourth-order valence-corrected chi connectivity index (χ4v) is 2.70. The monoisotopic (exact) mass is 191 g/mol. The average molecular weight is 191 g/mol. The van der Waals surface area contributed by atoms with Gasteiger partial charge in [0.1, 0.15) is 0 Å². The van der Waals surface area contributed by atoms with Crippen LogP contribution in [0.5, 0.6) is 0 Å². The molecule has 2 fully saturated rings. The largest absolute Gasteiger partial charge is 0.393 e. The lowest BCUT2D eigenvalue weighted by molar-refractivity contribution is -0.000463. The second-order valence-corrected chi connectivity index (χ2v) is 4.10. The fraction of sp³-hybridized carbons (Fsp3) is 1.00.